The van der Waals surface area contributed by atoms with Crippen molar-refractivity contribution in [3.05, 3.63) is 59.0 Å². The molecule has 0 fully saturated rings. The Balaban J connectivity index is 2.03. The smallest absolute Gasteiger partial charge is 0.326 e. The molecule has 21 heavy (non-hydrogen) atoms. The van der Waals surface area contributed by atoms with Crippen LogP contribution in [-0.4, -0.2) is 4.98 Å². The Morgan fingerprint density at radius 1 is 1.14 bits per heavy atom. The van der Waals surface area contributed by atoms with E-state index in [4.69, 9.17) is 5.73 Å². The average Bonchev–Trinajstić information content (AvgIpc) is 2.45. The lowest BCUT2D eigenvalue weighted by Crippen LogP contribution is -2.05. The molecule has 112 valence electrons. The van der Waals surface area contributed by atoms with Gasteiger partial charge in [0.2, 0.25) is 0 Å². The van der Waals surface area contributed by atoms with Gasteiger partial charge in [-0.3, -0.25) is 0 Å². The number of benzene rings is 1. The molecule has 0 aliphatic heterocycles. The number of aromatic nitrogens is 1. The van der Waals surface area contributed by atoms with Crippen molar-refractivity contribution in [2.75, 3.05) is 0 Å². The summed E-state index contributed by atoms with van der Waals surface area (Å²) in [6.07, 6.45) is -3.63. The predicted molar refractivity (Wildman–Crippen MR) is 73.1 cm³/mol. The maximum absolute atomic E-state index is 13.7. The van der Waals surface area contributed by atoms with Crippen LogP contribution < -0.4 is 5.73 Å². The Morgan fingerprint density at radius 3 is 2.43 bits per heavy atom. The van der Waals surface area contributed by atoms with Gasteiger partial charge in [0, 0.05) is 18.5 Å². The molecular weight excluding hydrogens is 304 g/mol. The number of halogens is 4. The molecule has 0 atom stereocenters. The van der Waals surface area contributed by atoms with Gasteiger partial charge >= 0.3 is 6.18 Å². The van der Waals surface area contributed by atoms with E-state index in [2.05, 4.69) is 4.98 Å². The summed E-state index contributed by atoms with van der Waals surface area (Å²) in [6, 6.07) is 6.94. The number of hydrogen-bond acceptors (Lipinski definition) is 3. The molecule has 1 aromatic carbocycles. The summed E-state index contributed by atoms with van der Waals surface area (Å²) in [5.74, 6) is -0.0907. The highest BCUT2D eigenvalue weighted by molar-refractivity contribution is 7.98. The van der Waals surface area contributed by atoms with Crippen molar-refractivity contribution in [2.45, 2.75) is 23.5 Å². The molecule has 0 saturated carbocycles. The zero-order valence-corrected chi connectivity index (χ0v) is 11.6. The fraction of sp³-hybridized carbons (Fsp3) is 0.214. The molecule has 2 N–H and O–H groups in total. The number of nitrogens with zero attached hydrogens (tertiary/aromatic N) is 1. The van der Waals surface area contributed by atoms with Gasteiger partial charge in [0.25, 0.3) is 0 Å². The molecule has 0 unspecified atom stereocenters. The number of hydrogen-bond donors (Lipinski definition) is 1. The second kappa shape index (κ2) is 6.44. The van der Waals surface area contributed by atoms with Crippen LogP contribution in [0, 0.1) is 5.82 Å². The van der Waals surface area contributed by atoms with Crippen LogP contribution >= 0.6 is 11.8 Å². The van der Waals surface area contributed by atoms with Gasteiger partial charge in [-0.15, -0.1) is 11.8 Å². The molecule has 0 saturated heterocycles. The average molecular weight is 316 g/mol. The van der Waals surface area contributed by atoms with E-state index >= 15 is 0 Å². The molecule has 1 aromatic heterocycles. The minimum atomic E-state index is -4.40. The highest BCUT2D eigenvalue weighted by Crippen LogP contribution is 2.30. The lowest BCUT2D eigenvalue weighted by molar-refractivity contribution is -0.137. The Kier molecular flexibility index (Phi) is 4.84. The fourth-order valence-electron chi connectivity index (χ4n) is 1.62. The molecule has 0 bridgehead atoms. The SMILES string of the molecule is NCc1ccc(CSc2ccc(C(F)(F)F)cn2)c(F)c1. The second-order valence-corrected chi connectivity index (χ2v) is 5.30. The summed E-state index contributed by atoms with van der Waals surface area (Å²) in [5.41, 5.74) is 5.75. The van der Waals surface area contributed by atoms with Crippen LogP contribution in [0.2, 0.25) is 0 Å². The van der Waals surface area contributed by atoms with Gasteiger partial charge in [0.1, 0.15) is 5.82 Å². The van der Waals surface area contributed by atoms with Crippen LogP contribution in [0.25, 0.3) is 0 Å². The Bertz CT molecular complexity index is 611. The maximum atomic E-state index is 13.7. The first kappa shape index (κ1) is 15.8. The number of rotatable bonds is 4. The first-order valence-electron chi connectivity index (χ1n) is 6.03. The summed E-state index contributed by atoms with van der Waals surface area (Å²) in [6.45, 7) is 0.255. The minimum absolute atomic E-state index is 0.255. The predicted octanol–water partition coefficient (Wildman–Crippen LogP) is 3.99. The lowest BCUT2D eigenvalue weighted by Gasteiger charge is -2.07. The van der Waals surface area contributed by atoms with Crippen LogP contribution in [0.3, 0.4) is 0 Å². The van der Waals surface area contributed by atoms with E-state index in [-0.39, 0.29) is 18.1 Å². The van der Waals surface area contributed by atoms with Crippen LogP contribution in [0.15, 0.2) is 41.6 Å². The molecule has 2 rings (SSSR count). The largest absolute Gasteiger partial charge is 0.417 e. The maximum Gasteiger partial charge on any atom is 0.417 e. The van der Waals surface area contributed by atoms with E-state index in [0.717, 1.165) is 12.3 Å². The van der Waals surface area contributed by atoms with Gasteiger partial charge in [0.05, 0.1) is 10.6 Å². The monoisotopic (exact) mass is 316 g/mol. The van der Waals surface area contributed by atoms with Gasteiger partial charge in [-0.05, 0) is 29.3 Å². The molecule has 0 spiro atoms. The van der Waals surface area contributed by atoms with E-state index in [1.54, 1.807) is 12.1 Å². The van der Waals surface area contributed by atoms with E-state index in [9.17, 15) is 17.6 Å². The number of alkyl halides is 3. The standard InChI is InChI=1S/C14H12F4N2S/c15-12-5-9(6-19)1-2-10(12)8-21-13-4-3-11(7-20-13)14(16,17)18/h1-5,7H,6,8,19H2. The third kappa shape index (κ3) is 4.18. The van der Waals surface area contributed by atoms with Crippen molar-refractivity contribution in [1.82, 2.24) is 4.98 Å². The van der Waals surface area contributed by atoms with Gasteiger partial charge in [-0.25, -0.2) is 9.37 Å². The van der Waals surface area contributed by atoms with Crippen molar-refractivity contribution in [1.29, 1.82) is 0 Å². The molecule has 7 heteroatoms. The van der Waals surface area contributed by atoms with Crippen LogP contribution in [0.4, 0.5) is 17.6 Å². The van der Waals surface area contributed by atoms with E-state index < -0.39 is 11.7 Å². The van der Waals surface area contributed by atoms with Crippen LogP contribution in [0.1, 0.15) is 16.7 Å². The summed E-state index contributed by atoms with van der Waals surface area (Å²) < 4.78 is 50.9. The van der Waals surface area contributed by atoms with Crippen molar-refractivity contribution in [2.24, 2.45) is 5.73 Å². The lowest BCUT2D eigenvalue weighted by atomic mass is 10.1. The zero-order valence-electron chi connectivity index (χ0n) is 10.8. The molecule has 1 heterocycles. The molecule has 0 aliphatic carbocycles. The Morgan fingerprint density at radius 2 is 1.90 bits per heavy atom. The van der Waals surface area contributed by atoms with Crippen molar-refractivity contribution in [3.8, 4) is 0 Å². The summed E-state index contributed by atoms with van der Waals surface area (Å²) in [7, 11) is 0. The van der Waals surface area contributed by atoms with Crippen LogP contribution in [0.5, 0.6) is 0 Å². The van der Waals surface area contributed by atoms with Crippen molar-refractivity contribution >= 4 is 11.8 Å². The topological polar surface area (TPSA) is 38.9 Å². The second-order valence-electron chi connectivity index (χ2n) is 4.30. The Labute approximate surface area is 123 Å². The van der Waals surface area contributed by atoms with Crippen molar-refractivity contribution < 1.29 is 17.6 Å². The fourth-order valence-corrected chi connectivity index (χ4v) is 2.45. The first-order valence-corrected chi connectivity index (χ1v) is 7.02. The van der Waals surface area contributed by atoms with Gasteiger partial charge < -0.3 is 5.73 Å². The number of nitrogens with two attached hydrogens (primary N) is 1. The highest BCUT2D eigenvalue weighted by Gasteiger charge is 2.30. The molecule has 0 aliphatic rings. The molecule has 2 aromatic rings. The number of thioether (sulfide) groups is 1. The molecule has 0 radical (unpaired) electrons. The molecular formula is C14H12F4N2S. The van der Waals surface area contributed by atoms with E-state index in [0.29, 0.717) is 16.2 Å². The third-order valence-electron chi connectivity index (χ3n) is 2.79. The van der Waals surface area contributed by atoms with E-state index in [1.165, 1.54) is 23.9 Å². The normalized spacial score (nSPS) is 11.7. The number of pyridine rings is 1. The zero-order chi connectivity index (χ0) is 15.5. The Hall–Kier alpha value is -1.60. The summed E-state index contributed by atoms with van der Waals surface area (Å²) >= 11 is 1.17. The van der Waals surface area contributed by atoms with Gasteiger partial charge in [0.15, 0.2) is 0 Å². The first-order chi connectivity index (χ1) is 9.90. The van der Waals surface area contributed by atoms with Gasteiger partial charge in [-0.2, -0.15) is 13.2 Å². The molecule has 0 amide bonds. The van der Waals surface area contributed by atoms with Crippen LogP contribution in [-0.2, 0) is 18.5 Å². The van der Waals surface area contributed by atoms with Gasteiger partial charge in [-0.1, -0.05) is 12.1 Å². The molecule has 2 nitrogen and oxygen atoms in total. The third-order valence-corrected chi connectivity index (χ3v) is 3.79. The van der Waals surface area contributed by atoms with Crippen molar-refractivity contribution in [3.63, 3.8) is 0 Å². The minimum Gasteiger partial charge on any atom is -0.326 e. The van der Waals surface area contributed by atoms with E-state index in [1.807, 2.05) is 0 Å². The summed E-state index contributed by atoms with van der Waals surface area (Å²) in [4.78, 5) is 3.72. The highest BCUT2D eigenvalue weighted by atomic mass is 32.2. The summed E-state index contributed by atoms with van der Waals surface area (Å²) in [5, 5.41) is 0.408. The quantitative estimate of drug-likeness (QED) is 0.685.